The van der Waals surface area contributed by atoms with Gasteiger partial charge in [-0.25, -0.2) is 0 Å². The van der Waals surface area contributed by atoms with Crippen LogP contribution in [-0.2, 0) is 14.2 Å². The van der Waals surface area contributed by atoms with E-state index in [9.17, 15) is 0 Å². The van der Waals surface area contributed by atoms with E-state index in [0.29, 0.717) is 19.8 Å². The van der Waals surface area contributed by atoms with Crippen LogP contribution in [0.15, 0.2) is 0 Å². The molecule has 0 aromatic rings. The third kappa shape index (κ3) is 44.9. The van der Waals surface area contributed by atoms with Gasteiger partial charge in [0.2, 0.25) is 0 Å². The molecule has 0 atom stereocenters. The molecule has 23 heavy (non-hydrogen) atoms. The molecule has 0 aliphatic carbocycles. The first kappa shape index (κ1) is 26.5. The summed E-state index contributed by atoms with van der Waals surface area (Å²) in [7, 11) is 4.86. The molecule has 3 nitrogen and oxygen atoms in total. The van der Waals surface area contributed by atoms with Gasteiger partial charge in [-0.1, -0.05) is 50.9 Å². The highest BCUT2D eigenvalue weighted by Gasteiger charge is 1.79. The zero-order valence-corrected chi connectivity index (χ0v) is 15.7. The molecule has 0 radical (unpaired) electrons. The van der Waals surface area contributed by atoms with Crippen molar-refractivity contribution in [3.8, 4) is 36.0 Å². The highest BCUT2D eigenvalue weighted by molar-refractivity contribution is 5.02. The molecule has 0 unspecified atom stereocenters. The second-order valence-electron chi connectivity index (χ2n) is 4.42. The van der Waals surface area contributed by atoms with Crippen LogP contribution in [0, 0.1) is 36.0 Å². The molecule has 0 saturated heterocycles. The van der Waals surface area contributed by atoms with E-state index in [1.54, 1.807) is 21.3 Å². The number of unbranched alkanes of at least 4 members (excludes halogenated alkanes) is 4. The molecule has 0 aromatic heterocycles. The average molecular weight is 322 g/mol. The molecule has 132 valence electrons. The molecule has 0 rings (SSSR count). The van der Waals surface area contributed by atoms with Crippen LogP contribution in [0.5, 0.6) is 0 Å². The van der Waals surface area contributed by atoms with Crippen molar-refractivity contribution >= 4 is 0 Å². The number of rotatable bonds is 7. The highest BCUT2D eigenvalue weighted by atomic mass is 16.5. The van der Waals surface area contributed by atoms with Gasteiger partial charge in [-0.05, 0) is 6.42 Å². The predicted molar refractivity (Wildman–Crippen MR) is 99.1 cm³/mol. The summed E-state index contributed by atoms with van der Waals surface area (Å²) >= 11 is 0. The minimum absolute atomic E-state index is 0.417. The van der Waals surface area contributed by atoms with E-state index in [1.165, 1.54) is 19.3 Å². The van der Waals surface area contributed by atoms with Crippen LogP contribution in [0.1, 0.15) is 52.4 Å². The number of ether oxygens (including phenoxy) is 3. The molecule has 0 amide bonds. The molecule has 0 aliphatic rings. The summed E-state index contributed by atoms with van der Waals surface area (Å²) in [6.45, 7) is 5.89. The van der Waals surface area contributed by atoms with Crippen LogP contribution < -0.4 is 0 Å². The quantitative estimate of drug-likeness (QED) is 0.525. The van der Waals surface area contributed by atoms with Gasteiger partial charge in [0.15, 0.2) is 0 Å². The molecule has 0 saturated carbocycles. The summed E-state index contributed by atoms with van der Waals surface area (Å²) in [4.78, 5) is 0. The zero-order chi connectivity index (χ0) is 18.0. The summed E-state index contributed by atoms with van der Waals surface area (Å²) in [5, 5.41) is 0. The largest absolute Gasteiger partial charge is 0.372 e. The van der Waals surface area contributed by atoms with E-state index >= 15 is 0 Å². The van der Waals surface area contributed by atoms with Crippen LogP contribution in [0.25, 0.3) is 0 Å². The van der Waals surface area contributed by atoms with Gasteiger partial charge in [0.25, 0.3) is 0 Å². The molecule has 0 aliphatic heterocycles. The van der Waals surface area contributed by atoms with E-state index in [0.717, 1.165) is 19.3 Å². The van der Waals surface area contributed by atoms with Crippen LogP contribution in [0.3, 0.4) is 0 Å². The molecule has 3 heteroatoms. The Balaban J connectivity index is -0.000000329. The van der Waals surface area contributed by atoms with Gasteiger partial charge in [-0.15, -0.1) is 18.3 Å². The number of hydrogen-bond donors (Lipinski definition) is 0. The molecule has 0 bridgehead atoms. The van der Waals surface area contributed by atoms with Crippen molar-refractivity contribution in [3.63, 3.8) is 0 Å². The van der Waals surface area contributed by atoms with E-state index in [1.807, 2.05) is 0 Å². The Morgan fingerprint density at radius 3 is 1.30 bits per heavy atom. The van der Waals surface area contributed by atoms with Crippen molar-refractivity contribution in [2.24, 2.45) is 0 Å². The maximum absolute atomic E-state index is 4.78. The average Bonchev–Trinajstić information content (AvgIpc) is 2.56. The van der Waals surface area contributed by atoms with E-state index in [2.05, 4.69) is 48.2 Å². The van der Waals surface area contributed by atoms with E-state index in [-0.39, 0.29) is 0 Å². The normalized spacial score (nSPS) is 7.83. The lowest BCUT2D eigenvalue weighted by Crippen LogP contribution is -1.82. The summed E-state index contributed by atoms with van der Waals surface area (Å²) in [6.07, 6.45) is 11.6. The second kappa shape index (κ2) is 32.5. The lowest BCUT2D eigenvalue weighted by Gasteiger charge is -1.86. The van der Waals surface area contributed by atoms with Crippen molar-refractivity contribution in [1.82, 2.24) is 0 Å². The topological polar surface area (TPSA) is 27.7 Å². The van der Waals surface area contributed by atoms with Gasteiger partial charge in [0, 0.05) is 34.2 Å². The van der Waals surface area contributed by atoms with Gasteiger partial charge < -0.3 is 14.2 Å². The molecular formula is C20H34O3. The Bertz CT molecular complexity index is 321. The minimum atomic E-state index is 0.417. The molecule has 0 heterocycles. The van der Waals surface area contributed by atoms with Crippen LogP contribution in [0.2, 0.25) is 0 Å². The SMILES string of the molecule is C#CCOC.CCCCC.COCC#CCCCC#CCOC. The molecule has 0 fully saturated rings. The Kier molecular flexibility index (Phi) is 37.4. The standard InChI is InChI=1S/C11H16O2.C5H12.C4H6O/c1-12-10-8-6-4-3-5-7-9-11-13-2;1-3-5-4-2;1-3-4-5-2/h3-5,10-11H2,1-2H3;3-5H2,1-2H3;1H,4H2,2H3. The van der Waals surface area contributed by atoms with Crippen molar-refractivity contribution in [2.75, 3.05) is 41.2 Å². The Labute approximate surface area is 144 Å². The first-order valence-corrected chi connectivity index (χ1v) is 8.06. The van der Waals surface area contributed by atoms with Gasteiger partial charge in [-0.3, -0.25) is 0 Å². The summed E-state index contributed by atoms with van der Waals surface area (Å²) in [6, 6.07) is 0. The summed E-state index contributed by atoms with van der Waals surface area (Å²) in [5.41, 5.74) is 0. The first-order chi connectivity index (χ1) is 11.2. The van der Waals surface area contributed by atoms with Gasteiger partial charge in [0.05, 0.1) is 0 Å². The van der Waals surface area contributed by atoms with Gasteiger partial charge in [-0.2, -0.15) is 0 Å². The minimum Gasteiger partial charge on any atom is -0.372 e. The van der Waals surface area contributed by atoms with Crippen molar-refractivity contribution in [2.45, 2.75) is 52.4 Å². The van der Waals surface area contributed by atoms with Crippen molar-refractivity contribution < 1.29 is 14.2 Å². The molecule has 0 aromatic carbocycles. The Hall–Kier alpha value is -1.44. The van der Waals surface area contributed by atoms with Gasteiger partial charge >= 0.3 is 0 Å². The Morgan fingerprint density at radius 2 is 1.09 bits per heavy atom. The lowest BCUT2D eigenvalue weighted by atomic mass is 10.2. The fourth-order valence-corrected chi connectivity index (χ4v) is 1.13. The summed E-state index contributed by atoms with van der Waals surface area (Å²) < 4.78 is 14.0. The molecular weight excluding hydrogens is 288 g/mol. The van der Waals surface area contributed by atoms with Crippen LogP contribution >= 0.6 is 0 Å². The van der Waals surface area contributed by atoms with Crippen LogP contribution in [-0.4, -0.2) is 41.2 Å². The van der Waals surface area contributed by atoms with Gasteiger partial charge in [0.1, 0.15) is 19.8 Å². The number of terminal acetylenes is 1. The maximum atomic E-state index is 4.78. The zero-order valence-electron chi connectivity index (χ0n) is 15.7. The maximum Gasteiger partial charge on any atom is 0.107 e. The highest BCUT2D eigenvalue weighted by Crippen LogP contribution is 1.91. The fraction of sp³-hybridized carbons (Fsp3) is 0.700. The van der Waals surface area contributed by atoms with E-state index < -0.39 is 0 Å². The third-order valence-electron chi connectivity index (χ3n) is 2.22. The monoisotopic (exact) mass is 322 g/mol. The van der Waals surface area contributed by atoms with Crippen molar-refractivity contribution in [3.05, 3.63) is 0 Å². The molecule has 0 N–H and O–H groups in total. The predicted octanol–water partition coefficient (Wildman–Crippen LogP) is 3.92. The number of hydrogen-bond acceptors (Lipinski definition) is 3. The fourth-order valence-electron chi connectivity index (χ4n) is 1.13. The van der Waals surface area contributed by atoms with E-state index in [4.69, 9.17) is 15.9 Å². The lowest BCUT2D eigenvalue weighted by molar-refractivity contribution is 0.239. The third-order valence-corrected chi connectivity index (χ3v) is 2.22. The smallest absolute Gasteiger partial charge is 0.107 e. The number of methoxy groups -OCH3 is 3. The van der Waals surface area contributed by atoms with Crippen LogP contribution in [0.4, 0.5) is 0 Å². The first-order valence-electron chi connectivity index (χ1n) is 8.06. The second-order valence-corrected chi connectivity index (χ2v) is 4.42. The molecule has 0 spiro atoms. The van der Waals surface area contributed by atoms with Crippen molar-refractivity contribution in [1.29, 1.82) is 0 Å². The summed E-state index contributed by atoms with van der Waals surface area (Å²) in [5.74, 6) is 14.1. The Morgan fingerprint density at radius 1 is 0.652 bits per heavy atom.